The van der Waals surface area contributed by atoms with Crippen molar-refractivity contribution in [3.8, 4) is 18.1 Å². The molecule has 0 spiro atoms. The second-order valence-corrected chi connectivity index (χ2v) is 9.77. The first-order valence-electron chi connectivity index (χ1n) is 11.0. The number of hydrogen-bond donors (Lipinski definition) is 4. The monoisotopic (exact) mass is 456 g/mol. The summed E-state index contributed by atoms with van der Waals surface area (Å²) in [5, 5.41) is 41.7. The summed E-state index contributed by atoms with van der Waals surface area (Å²) in [5.41, 5.74) is -1.89. The van der Waals surface area contributed by atoms with Gasteiger partial charge in [-0.3, -0.25) is 0 Å². The molecule has 1 aromatic carbocycles. The Morgan fingerprint density at radius 1 is 1.06 bits per heavy atom. The predicted molar refractivity (Wildman–Crippen MR) is 108 cm³/mol. The molecule has 2 unspecified atom stereocenters. The van der Waals surface area contributed by atoms with E-state index in [0.717, 1.165) is 0 Å². The van der Waals surface area contributed by atoms with Crippen LogP contribution < -0.4 is 0 Å². The highest BCUT2D eigenvalue weighted by molar-refractivity contribution is 5.55. The first-order valence-corrected chi connectivity index (χ1v) is 11.0. The van der Waals surface area contributed by atoms with E-state index in [2.05, 4.69) is 5.92 Å². The lowest BCUT2D eigenvalue weighted by atomic mass is 9.53. The summed E-state index contributed by atoms with van der Waals surface area (Å²) in [7, 11) is 0. The normalized spacial score (nSPS) is 35.7. The van der Waals surface area contributed by atoms with Crippen LogP contribution in [-0.4, -0.2) is 38.9 Å². The van der Waals surface area contributed by atoms with Gasteiger partial charge >= 0.3 is 0 Å². The van der Waals surface area contributed by atoms with Gasteiger partial charge in [-0.25, -0.2) is 17.6 Å². The Kier molecular flexibility index (Phi) is 5.76. The number of fused-ring (bicyclic) bond motifs is 5. The minimum absolute atomic E-state index is 0.0428. The van der Waals surface area contributed by atoms with Crippen molar-refractivity contribution in [2.24, 2.45) is 17.3 Å². The van der Waals surface area contributed by atoms with Crippen molar-refractivity contribution in [1.29, 1.82) is 0 Å². The number of benzene rings is 1. The fraction of sp³-hybridized carbons (Fsp3) is 0.667. The number of phenols is 1. The van der Waals surface area contributed by atoms with E-state index in [4.69, 9.17) is 6.42 Å². The zero-order valence-corrected chi connectivity index (χ0v) is 17.7. The lowest BCUT2D eigenvalue weighted by Crippen LogP contribution is -2.50. The van der Waals surface area contributed by atoms with Gasteiger partial charge in [0.15, 0.2) is 0 Å². The number of phenolic OH excluding ortho intramolecular Hbond substituents is 1. The first-order chi connectivity index (χ1) is 15.0. The van der Waals surface area contributed by atoms with Gasteiger partial charge in [0.1, 0.15) is 23.6 Å². The van der Waals surface area contributed by atoms with Crippen LogP contribution in [0.2, 0.25) is 0 Å². The lowest BCUT2D eigenvalue weighted by molar-refractivity contribution is -0.0650. The summed E-state index contributed by atoms with van der Waals surface area (Å²) in [6.45, 7) is 1.98. The van der Waals surface area contributed by atoms with Crippen LogP contribution in [0.1, 0.15) is 79.4 Å². The van der Waals surface area contributed by atoms with Crippen LogP contribution in [0.25, 0.3) is 0 Å². The molecular weight excluding hydrogens is 428 g/mol. The van der Waals surface area contributed by atoms with Crippen molar-refractivity contribution in [3.05, 3.63) is 28.3 Å². The van der Waals surface area contributed by atoms with Crippen molar-refractivity contribution >= 4 is 0 Å². The molecule has 8 heteroatoms. The number of aliphatic hydroxyl groups excluding tert-OH is 2. The van der Waals surface area contributed by atoms with Gasteiger partial charge in [-0.05, 0) is 73.5 Å². The fourth-order valence-electron chi connectivity index (χ4n) is 6.83. The highest BCUT2D eigenvalue weighted by atomic mass is 19.3. The smallest absolute Gasteiger partial charge is 0.268 e. The summed E-state index contributed by atoms with van der Waals surface area (Å²) < 4.78 is 53.4. The van der Waals surface area contributed by atoms with Gasteiger partial charge in [-0.1, -0.05) is 12.8 Å². The number of aliphatic hydroxyl groups is 3. The SMILES string of the molecule is C#C[C@]1(O)CC[C@H]2[C@@H]3CCc4c(cc(C(O)C(F)F)c(O)c4C(O)C(F)F)[C@H]3CC[C@@]21C. The molecule has 7 atom stereocenters. The molecule has 32 heavy (non-hydrogen) atoms. The molecule has 0 aliphatic heterocycles. The second kappa shape index (κ2) is 7.89. The molecule has 2 fully saturated rings. The van der Waals surface area contributed by atoms with E-state index < -0.39 is 53.0 Å². The van der Waals surface area contributed by atoms with Gasteiger partial charge in [0.25, 0.3) is 12.9 Å². The van der Waals surface area contributed by atoms with Crippen LogP contribution in [0.15, 0.2) is 6.07 Å². The van der Waals surface area contributed by atoms with Gasteiger partial charge in [0.05, 0.1) is 0 Å². The molecule has 0 aromatic heterocycles. The van der Waals surface area contributed by atoms with E-state index in [0.29, 0.717) is 43.2 Å². The molecule has 4 N–H and O–H groups in total. The van der Waals surface area contributed by atoms with Crippen LogP contribution in [0, 0.1) is 29.6 Å². The lowest BCUT2D eigenvalue weighted by Gasteiger charge is -2.52. The second-order valence-electron chi connectivity index (χ2n) is 9.77. The van der Waals surface area contributed by atoms with E-state index >= 15 is 0 Å². The molecular formula is C24H28F4O4. The van der Waals surface area contributed by atoms with Crippen molar-refractivity contribution < 1.29 is 38.0 Å². The highest BCUT2D eigenvalue weighted by Gasteiger charge is 2.61. The summed E-state index contributed by atoms with van der Waals surface area (Å²) in [4.78, 5) is 0. The standard InChI is InChI=1S/C24H28F4O4/c1-3-24(32)9-7-16-12-4-5-13-14(11(12)6-8-23(16,24)2)10-15(19(30)21(25)26)18(29)17(13)20(31)22(27)28/h1,10-12,16,19-22,29-32H,4-9H2,2H3/t11-,12+,16-,19?,20?,23-,24-/m0/s1. The third kappa shape index (κ3) is 3.16. The Morgan fingerprint density at radius 2 is 1.72 bits per heavy atom. The summed E-state index contributed by atoms with van der Waals surface area (Å²) >= 11 is 0. The number of rotatable bonds is 4. The Hall–Kier alpha value is -1.82. The Labute approximate surface area is 184 Å². The minimum atomic E-state index is -3.23. The maximum Gasteiger partial charge on any atom is 0.268 e. The molecule has 4 nitrogen and oxygen atoms in total. The molecule has 0 radical (unpaired) electrons. The number of hydrogen-bond acceptors (Lipinski definition) is 4. The third-order valence-electron chi connectivity index (χ3n) is 8.56. The van der Waals surface area contributed by atoms with Gasteiger partial charge in [-0.2, -0.15) is 0 Å². The quantitative estimate of drug-likeness (QED) is 0.404. The van der Waals surface area contributed by atoms with Crippen molar-refractivity contribution in [2.45, 2.75) is 82.0 Å². The topological polar surface area (TPSA) is 80.9 Å². The molecule has 0 saturated heterocycles. The molecule has 2 saturated carbocycles. The molecule has 3 aliphatic rings. The largest absolute Gasteiger partial charge is 0.507 e. The number of halogens is 4. The molecule has 1 aromatic rings. The minimum Gasteiger partial charge on any atom is -0.507 e. The predicted octanol–water partition coefficient (Wildman–Crippen LogP) is 4.21. The maximum atomic E-state index is 13.4. The average Bonchev–Trinajstić information content (AvgIpc) is 3.03. The van der Waals surface area contributed by atoms with Gasteiger partial charge in [0, 0.05) is 16.5 Å². The van der Waals surface area contributed by atoms with E-state index in [-0.39, 0.29) is 24.2 Å². The first kappa shape index (κ1) is 23.3. The van der Waals surface area contributed by atoms with E-state index in [1.807, 2.05) is 6.92 Å². The average molecular weight is 456 g/mol. The van der Waals surface area contributed by atoms with Crippen LogP contribution in [0.3, 0.4) is 0 Å². The zero-order valence-electron chi connectivity index (χ0n) is 17.7. The van der Waals surface area contributed by atoms with Crippen LogP contribution >= 0.6 is 0 Å². The molecule has 0 bridgehead atoms. The number of aromatic hydroxyl groups is 1. The van der Waals surface area contributed by atoms with Crippen LogP contribution in [0.5, 0.6) is 5.75 Å². The molecule has 0 amide bonds. The number of terminal acetylenes is 1. The fourth-order valence-corrected chi connectivity index (χ4v) is 6.83. The van der Waals surface area contributed by atoms with Crippen molar-refractivity contribution in [2.75, 3.05) is 0 Å². The van der Waals surface area contributed by atoms with Crippen LogP contribution in [0.4, 0.5) is 17.6 Å². The van der Waals surface area contributed by atoms with E-state index in [1.165, 1.54) is 6.07 Å². The Balaban J connectivity index is 1.84. The van der Waals surface area contributed by atoms with Gasteiger partial charge in [0.2, 0.25) is 0 Å². The van der Waals surface area contributed by atoms with E-state index in [9.17, 15) is 38.0 Å². The zero-order chi connectivity index (χ0) is 23.6. The molecule has 176 valence electrons. The molecule has 3 aliphatic carbocycles. The summed E-state index contributed by atoms with van der Waals surface area (Å²) in [6.07, 6.45) is -2.38. The van der Waals surface area contributed by atoms with Crippen molar-refractivity contribution in [1.82, 2.24) is 0 Å². The van der Waals surface area contributed by atoms with Gasteiger partial charge in [-0.15, -0.1) is 6.42 Å². The maximum absolute atomic E-state index is 13.4. The molecule has 0 heterocycles. The third-order valence-corrected chi connectivity index (χ3v) is 8.56. The summed E-state index contributed by atoms with van der Waals surface area (Å²) in [6, 6.07) is 1.30. The van der Waals surface area contributed by atoms with Gasteiger partial charge < -0.3 is 20.4 Å². The molecule has 4 rings (SSSR count). The van der Waals surface area contributed by atoms with E-state index in [1.54, 1.807) is 0 Å². The Morgan fingerprint density at radius 3 is 2.31 bits per heavy atom. The Bertz CT molecular complexity index is 945. The number of alkyl halides is 4. The highest BCUT2D eigenvalue weighted by Crippen LogP contribution is 2.64. The van der Waals surface area contributed by atoms with Crippen LogP contribution in [-0.2, 0) is 6.42 Å². The van der Waals surface area contributed by atoms with Crippen molar-refractivity contribution in [3.63, 3.8) is 0 Å². The summed E-state index contributed by atoms with van der Waals surface area (Å²) in [5.74, 6) is 1.59.